The molecule has 1 aliphatic carbocycles. The highest BCUT2D eigenvalue weighted by Crippen LogP contribution is 2.35. The van der Waals surface area contributed by atoms with Crippen molar-refractivity contribution >= 4 is 17.4 Å². The van der Waals surface area contributed by atoms with Gasteiger partial charge in [-0.2, -0.15) is 0 Å². The van der Waals surface area contributed by atoms with Gasteiger partial charge in [0.25, 0.3) is 0 Å². The van der Waals surface area contributed by atoms with Crippen molar-refractivity contribution in [3.05, 3.63) is 22.9 Å². The third-order valence-electron chi connectivity index (χ3n) is 4.34. The fourth-order valence-corrected chi connectivity index (χ4v) is 3.77. The summed E-state index contributed by atoms with van der Waals surface area (Å²) >= 11 is 6.15. The summed E-state index contributed by atoms with van der Waals surface area (Å²) in [4.78, 5) is 7.22. The smallest absolute Gasteiger partial charge is 0.133 e. The van der Waals surface area contributed by atoms with Gasteiger partial charge in [-0.15, -0.1) is 11.6 Å². The van der Waals surface area contributed by atoms with E-state index in [0.29, 0.717) is 18.0 Å². The van der Waals surface area contributed by atoms with Gasteiger partial charge in [-0.05, 0) is 44.7 Å². The third kappa shape index (κ3) is 2.34. The zero-order valence-corrected chi connectivity index (χ0v) is 12.4. The minimum atomic E-state index is 0.388. The second-order valence-corrected chi connectivity index (χ2v) is 5.88. The molecule has 0 bridgehead atoms. The van der Waals surface area contributed by atoms with Crippen LogP contribution in [0, 0.1) is 13.8 Å². The summed E-state index contributed by atoms with van der Waals surface area (Å²) in [5.41, 5.74) is 3.50. The van der Waals surface area contributed by atoms with Crippen LogP contribution in [0.1, 0.15) is 36.1 Å². The number of fused-ring (bicyclic) bond motifs is 1. The first kappa shape index (κ1) is 13.2. The first-order valence-electron chi connectivity index (χ1n) is 7.12. The lowest BCUT2D eigenvalue weighted by atomic mass is 10.1. The van der Waals surface area contributed by atoms with Crippen LogP contribution in [0.3, 0.4) is 0 Å². The van der Waals surface area contributed by atoms with Crippen LogP contribution in [0.2, 0.25) is 0 Å². The van der Waals surface area contributed by atoms with E-state index in [0.717, 1.165) is 24.7 Å². The Labute approximate surface area is 119 Å². The van der Waals surface area contributed by atoms with Crippen molar-refractivity contribution in [1.29, 1.82) is 0 Å². The van der Waals surface area contributed by atoms with E-state index in [4.69, 9.17) is 21.3 Å². The van der Waals surface area contributed by atoms with E-state index >= 15 is 0 Å². The molecule has 2 aliphatic rings. The molecule has 0 amide bonds. The van der Waals surface area contributed by atoms with Crippen LogP contribution in [0.15, 0.2) is 6.07 Å². The molecule has 1 saturated carbocycles. The normalized spacial score (nSPS) is 26.6. The average molecular weight is 281 g/mol. The number of aromatic nitrogens is 1. The van der Waals surface area contributed by atoms with Crippen LogP contribution in [-0.4, -0.2) is 30.3 Å². The first-order chi connectivity index (χ1) is 9.20. The third-order valence-corrected chi connectivity index (χ3v) is 4.61. The van der Waals surface area contributed by atoms with Crippen LogP contribution in [0.4, 0.5) is 5.82 Å². The van der Waals surface area contributed by atoms with Crippen LogP contribution in [0.5, 0.6) is 0 Å². The monoisotopic (exact) mass is 280 g/mol. The summed E-state index contributed by atoms with van der Waals surface area (Å²) in [5, 5.41) is 0. The topological polar surface area (TPSA) is 25.4 Å². The van der Waals surface area contributed by atoms with Crippen LogP contribution < -0.4 is 4.90 Å². The number of ether oxygens (including phenoxy) is 1. The lowest BCUT2D eigenvalue weighted by Gasteiger charge is -2.39. The van der Waals surface area contributed by atoms with Gasteiger partial charge in [0.2, 0.25) is 0 Å². The SMILES string of the molecule is Cc1cc(C)c(CCl)c(N2CCOC3CCCC32)n1. The van der Waals surface area contributed by atoms with Crippen molar-refractivity contribution in [2.45, 2.75) is 51.1 Å². The van der Waals surface area contributed by atoms with E-state index in [2.05, 4.69) is 24.8 Å². The second kappa shape index (κ2) is 5.29. The first-order valence-corrected chi connectivity index (χ1v) is 7.65. The highest BCUT2D eigenvalue weighted by Gasteiger charge is 2.37. The molecule has 2 unspecified atom stereocenters. The number of alkyl halides is 1. The zero-order chi connectivity index (χ0) is 13.4. The molecular weight excluding hydrogens is 260 g/mol. The fourth-order valence-electron chi connectivity index (χ4n) is 3.43. The molecule has 2 heterocycles. The van der Waals surface area contributed by atoms with Crippen LogP contribution in [0.25, 0.3) is 0 Å². The maximum absolute atomic E-state index is 6.15. The maximum Gasteiger partial charge on any atom is 0.133 e. The van der Waals surface area contributed by atoms with Crippen molar-refractivity contribution < 1.29 is 4.74 Å². The summed E-state index contributed by atoms with van der Waals surface area (Å²) in [5.74, 6) is 1.62. The minimum Gasteiger partial charge on any atom is -0.374 e. The van der Waals surface area contributed by atoms with Gasteiger partial charge in [-0.1, -0.05) is 0 Å². The Hall–Kier alpha value is -0.800. The number of rotatable bonds is 2. The predicted molar refractivity (Wildman–Crippen MR) is 78.0 cm³/mol. The lowest BCUT2D eigenvalue weighted by Crippen LogP contribution is -2.49. The Morgan fingerprint density at radius 2 is 2.26 bits per heavy atom. The average Bonchev–Trinajstić information content (AvgIpc) is 2.85. The fraction of sp³-hybridized carbons (Fsp3) is 0.667. The quantitative estimate of drug-likeness (QED) is 0.778. The van der Waals surface area contributed by atoms with Crippen molar-refractivity contribution in [2.75, 3.05) is 18.1 Å². The van der Waals surface area contributed by atoms with Gasteiger partial charge in [0, 0.05) is 17.8 Å². The molecule has 104 valence electrons. The number of hydrogen-bond acceptors (Lipinski definition) is 3. The Kier molecular flexibility index (Phi) is 3.68. The molecule has 2 fully saturated rings. The summed E-state index contributed by atoms with van der Waals surface area (Å²) in [6.45, 7) is 5.92. The summed E-state index contributed by atoms with van der Waals surface area (Å²) < 4.78 is 5.89. The highest BCUT2D eigenvalue weighted by molar-refractivity contribution is 6.17. The molecule has 2 atom stereocenters. The summed E-state index contributed by atoms with van der Waals surface area (Å²) in [6.07, 6.45) is 4.04. The summed E-state index contributed by atoms with van der Waals surface area (Å²) in [6, 6.07) is 2.61. The minimum absolute atomic E-state index is 0.388. The molecule has 4 heteroatoms. The molecule has 0 spiro atoms. The number of morpholine rings is 1. The standard InChI is InChI=1S/C15H21ClN2O/c1-10-8-11(2)17-15(12(10)9-16)18-6-7-19-14-5-3-4-13(14)18/h8,13-14H,3-7,9H2,1-2H3. The van der Waals surface area contributed by atoms with Gasteiger partial charge < -0.3 is 9.64 Å². The Morgan fingerprint density at radius 3 is 3.05 bits per heavy atom. The summed E-state index contributed by atoms with van der Waals surface area (Å²) in [7, 11) is 0. The van der Waals surface area contributed by atoms with Gasteiger partial charge in [0.05, 0.1) is 24.6 Å². The second-order valence-electron chi connectivity index (χ2n) is 5.62. The molecule has 1 aliphatic heterocycles. The Bertz CT molecular complexity index is 477. The molecule has 3 rings (SSSR count). The number of anilines is 1. The van der Waals surface area contributed by atoms with E-state index < -0.39 is 0 Å². The Balaban J connectivity index is 2.00. The molecule has 0 N–H and O–H groups in total. The molecule has 1 saturated heterocycles. The van der Waals surface area contributed by atoms with Crippen molar-refractivity contribution in [3.8, 4) is 0 Å². The van der Waals surface area contributed by atoms with E-state index in [1.807, 2.05) is 0 Å². The van der Waals surface area contributed by atoms with Gasteiger partial charge >= 0.3 is 0 Å². The Morgan fingerprint density at radius 1 is 1.42 bits per heavy atom. The van der Waals surface area contributed by atoms with Crippen molar-refractivity contribution in [3.63, 3.8) is 0 Å². The van der Waals surface area contributed by atoms with Gasteiger partial charge in [0.15, 0.2) is 0 Å². The lowest BCUT2D eigenvalue weighted by molar-refractivity contribution is 0.0252. The molecular formula is C15H21ClN2O. The van der Waals surface area contributed by atoms with E-state index in [1.54, 1.807) is 0 Å². The number of aryl methyl sites for hydroxylation is 2. The number of pyridine rings is 1. The number of halogens is 1. The van der Waals surface area contributed by atoms with E-state index in [9.17, 15) is 0 Å². The van der Waals surface area contributed by atoms with Gasteiger partial charge in [-0.25, -0.2) is 4.98 Å². The van der Waals surface area contributed by atoms with E-state index in [-0.39, 0.29) is 0 Å². The molecule has 0 radical (unpaired) electrons. The maximum atomic E-state index is 6.15. The largest absolute Gasteiger partial charge is 0.374 e. The molecule has 1 aromatic rings. The van der Waals surface area contributed by atoms with Gasteiger partial charge in [0.1, 0.15) is 5.82 Å². The van der Waals surface area contributed by atoms with Gasteiger partial charge in [-0.3, -0.25) is 0 Å². The molecule has 1 aromatic heterocycles. The number of hydrogen-bond donors (Lipinski definition) is 0. The molecule has 3 nitrogen and oxygen atoms in total. The highest BCUT2D eigenvalue weighted by atomic mass is 35.5. The van der Waals surface area contributed by atoms with Crippen molar-refractivity contribution in [1.82, 2.24) is 4.98 Å². The predicted octanol–water partition coefficient (Wildman–Crippen LogP) is 3.19. The molecule has 0 aromatic carbocycles. The van der Waals surface area contributed by atoms with Crippen molar-refractivity contribution in [2.24, 2.45) is 0 Å². The van der Waals surface area contributed by atoms with Crippen LogP contribution in [-0.2, 0) is 10.6 Å². The van der Waals surface area contributed by atoms with Crippen LogP contribution >= 0.6 is 11.6 Å². The number of nitrogens with zero attached hydrogens (tertiary/aromatic N) is 2. The van der Waals surface area contributed by atoms with E-state index in [1.165, 1.54) is 30.4 Å². The molecule has 19 heavy (non-hydrogen) atoms. The zero-order valence-electron chi connectivity index (χ0n) is 11.7.